The molecule has 0 radical (unpaired) electrons. The van der Waals surface area contributed by atoms with E-state index >= 15 is 0 Å². The number of anilines is 1. The first-order chi connectivity index (χ1) is 13.3. The van der Waals surface area contributed by atoms with Gasteiger partial charge in [-0.05, 0) is 65.8 Å². The summed E-state index contributed by atoms with van der Waals surface area (Å²) in [4.78, 5) is 12.5. The van der Waals surface area contributed by atoms with Gasteiger partial charge in [-0.3, -0.25) is 4.79 Å². The number of carbonyl (C=O) groups excluding carboxylic acids is 1. The predicted molar refractivity (Wildman–Crippen MR) is 106 cm³/mol. The molecule has 0 unspecified atom stereocenters. The fraction of sp³-hybridized carbons (Fsp3) is 0.200. The molecule has 2 aromatic heterocycles. The standard InChI is InChI=1S/C15H14Br2N8O3/c1-6(2)11-10(20-24-25(11)14-13(18)22-28-23-14)15(27)21-19-5-7-3-8(16)12(26)9(17)4-7/h3-6,26H,1-2H3,(H2,18,22)(H,21,27)/b19-5-. The Kier molecular flexibility index (Phi) is 5.74. The van der Waals surface area contributed by atoms with Crippen molar-refractivity contribution in [1.82, 2.24) is 30.7 Å². The van der Waals surface area contributed by atoms with Gasteiger partial charge in [-0.1, -0.05) is 19.1 Å². The van der Waals surface area contributed by atoms with E-state index in [2.05, 4.69) is 67.6 Å². The molecule has 0 aliphatic carbocycles. The molecule has 0 bridgehead atoms. The highest BCUT2D eigenvalue weighted by Crippen LogP contribution is 2.32. The van der Waals surface area contributed by atoms with Crippen LogP contribution in [0.25, 0.3) is 5.82 Å². The van der Waals surface area contributed by atoms with Crippen molar-refractivity contribution in [2.45, 2.75) is 19.8 Å². The van der Waals surface area contributed by atoms with Crippen LogP contribution in [0.3, 0.4) is 0 Å². The van der Waals surface area contributed by atoms with Gasteiger partial charge in [0.15, 0.2) is 5.69 Å². The molecule has 28 heavy (non-hydrogen) atoms. The van der Waals surface area contributed by atoms with Crippen molar-refractivity contribution in [2.75, 3.05) is 5.73 Å². The molecule has 0 aliphatic heterocycles. The number of nitrogen functional groups attached to an aromatic ring is 1. The molecule has 13 heteroatoms. The molecule has 146 valence electrons. The zero-order chi connectivity index (χ0) is 20.4. The van der Waals surface area contributed by atoms with Crippen molar-refractivity contribution in [3.63, 3.8) is 0 Å². The number of benzene rings is 1. The molecule has 0 saturated carbocycles. The Morgan fingerprint density at radius 1 is 1.36 bits per heavy atom. The van der Waals surface area contributed by atoms with Gasteiger partial charge in [0.2, 0.25) is 11.6 Å². The minimum Gasteiger partial charge on any atom is -0.506 e. The zero-order valence-electron chi connectivity index (χ0n) is 14.6. The predicted octanol–water partition coefficient (Wildman–Crippen LogP) is 2.35. The van der Waals surface area contributed by atoms with Crippen LogP contribution < -0.4 is 11.2 Å². The quantitative estimate of drug-likeness (QED) is 0.346. The molecule has 11 nitrogen and oxygen atoms in total. The maximum atomic E-state index is 12.5. The molecule has 3 aromatic rings. The second kappa shape index (κ2) is 8.06. The Hall–Kier alpha value is -2.80. The van der Waals surface area contributed by atoms with E-state index < -0.39 is 5.91 Å². The normalized spacial score (nSPS) is 11.5. The molecule has 3 rings (SSSR count). The van der Waals surface area contributed by atoms with E-state index in [1.165, 1.54) is 10.9 Å². The topological polar surface area (TPSA) is 157 Å². The lowest BCUT2D eigenvalue weighted by Crippen LogP contribution is -2.21. The van der Waals surface area contributed by atoms with Gasteiger partial charge in [0.05, 0.1) is 20.9 Å². The summed E-state index contributed by atoms with van der Waals surface area (Å²) in [6, 6.07) is 3.29. The molecular formula is C15H14Br2N8O3. The van der Waals surface area contributed by atoms with Gasteiger partial charge in [0, 0.05) is 0 Å². The van der Waals surface area contributed by atoms with Gasteiger partial charge >= 0.3 is 0 Å². The molecule has 2 heterocycles. The molecule has 0 saturated heterocycles. The number of amides is 1. The number of hydrogen-bond acceptors (Lipinski definition) is 9. The number of aromatic hydroxyl groups is 1. The number of halogens is 2. The van der Waals surface area contributed by atoms with Crippen LogP contribution in [-0.4, -0.2) is 42.5 Å². The van der Waals surface area contributed by atoms with Crippen LogP contribution in [0.15, 0.2) is 30.8 Å². The average Bonchev–Trinajstić information content (AvgIpc) is 3.25. The smallest absolute Gasteiger partial charge is 0.293 e. The van der Waals surface area contributed by atoms with E-state index in [1.54, 1.807) is 12.1 Å². The average molecular weight is 514 g/mol. The third kappa shape index (κ3) is 3.89. The Bertz CT molecular complexity index is 1040. The Labute approximate surface area is 175 Å². The summed E-state index contributed by atoms with van der Waals surface area (Å²) in [5.74, 6) is -0.434. The third-order valence-corrected chi connectivity index (χ3v) is 4.79. The van der Waals surface area contributed by atoms with Crippen LogP contribution in [0.5, 0.6) is 5.75 Å². The summed E-state index contributed by atoms with van der Waals surface area (Å²) < 4.78 is 6.86. The molecule has 0 spiro atoms. The first-order valence-electron chi connectivity index (χ1n) is 7.85. The maximum absolute atomic E-state index is 12.5. The fourth-order valence-corrected chi connectivity index (χ4v) is 3.56. The third-order valence-electron chi connectivity index (χ3n) is 3.58. The van der Waals surface area contributed by atoms with Gasteiger partial charge in [-0.25, -0.2) is 10.1 Å². The van der Waals surface area contributed by atoms with Crippen LogP contribution in [0.4, 0.5) is 5.82 Å². The number of nitrogens with one attached hydrogen (secondary N) is 1. The van der Waals surface area contributed by atoms with Crippen molar-refractivity contribution in [3.05, 3.63) is 38.0 Å². The van der Waals surface area contributed by atoms with Crippen molar-refractivity contribution < 1.29 is 14.5 Å². The van der Waals surface area contributed by atoms with Crippen LogP contribution in [0.2, 0.25) is 0 Å². The lowest BCUT2D eigenvalue weighted by molar-refractivity contribution is 0.0948. The molecule has 4 N–H and O–H groups in total. The summed E-state index contributed by atoms with van der Waals surface area (Å²) in [5, 5.41) is 28.7. The molecular weight excluding hydrogens is 500 g/mol. The second-order valence-electron chi connectivity index (χ2n) is 5.90. The Balaban J connectivity index is 1.83. The summed E-state index contributed by atoms with van der Waals surface area (Å²) in [7, 11) is 0. The first-order valence-corrected chi connectivity index (χ1v) is 9.43. The van der Waals surface area contributed by atoms with E-state index in [-0.39, 0.29) is 29.0 Å². The van der Waals surface area contributed by atoms with Crippen LogP contribution in [-0.2, 0) is 0 Å². The van der Waals surface area contributed by atoms with Crippen molar-refractivity contribution >= 4 is 49.8 Å². The van der Waals surface area contributed by atoms with Gasteiger partial charge in [-0.2, -0.15) is 9.78 Å². The van der Waals surface area contributed by atoms with Crippen LogP contribution in [0, 0.1) is 0 Å². The molecule has 0 atom stereocenters. The number of hydrazone groups is 1. The number of carbonyl (C=O) groups is 1. The monoisotopic (exact) mass is 512 g/mol. The summed E-state index contributed by atoms with van der Waals surface area (Å²) in [6.45, 7) is 3.73. The van der Waals surface area contributed by atoms with Crippen LogP contribution >= 0.6 is 31.9 Å². The molecule has 1 amide bonds. The fourth-order valence-electron chi connectivity index (χ4n) is 2.34. The van der Waals surface area contributed by atoms with Crippen LogP contribution in [0.1, 0.15) is 41.5 Å². The van der Waals surface area contributed by atoms with E-state index in [9.17, 15) is 9.90 Å². The molecule has 0 fully saturated rings. The van der Waals surface area contributed by atoms with Gasteiger partial charge in [0.1, 0.15) is 5.75 Å². The van der Waals surface area contributed by atoms with Crippen molar-refractivity contribution in [1.29, 1.82) is 0 Å². The van der Waals surface area contributed by atoms with Crippen molar-refractivity contribution in [2.24, 2.45) is 5.10 Å². The van der Waals surface area contributed by atoms with Gasteiger partial charge in [0.25, 0.3) is 5.91 Å². The zero-order valence-corrected chi connectivity index (χ0v) is 17.8. The summed E-state index contributed by atoms with van der Waals surface area (Å²) >= 11 is 6.46. The van der Waals surface area contributed by atoms with Crippen molar-refractivity contribution in [3.8, 4) is 11.6 Å². The van der Waals surface area contributed by atoms with E-state index in [0.717, 1.165) is 0 Å². The highest BCUT2D eigenvalue weighted by atomic mass is 79.9. The highest BCUT2D eigenvalue weighted by molar-refractivity contribution is 9.11. The number of aromatic nitrogens is 5. The van der Waals surface area contributed by atoms with E-state index in [4.69, 9.17) is 5.73 Å². The second-order valence-corrected chi connectivity index (χ2v) is 7.60. The van der Waals surface area contributed by atoms with E-state index in [0.29, 0.717) is 20.2 Å². The van der Waals surface area contributed by atoms with Gasteiger partial charge in [-0.15, -0.1) is 5.10 Å². The SMILES string of the molecule is CC(C)c1c(C(=O)N/N=C\c2cc(Br)c(O)c(Br)c2)nnn1-c1nonc1N. The molecule has 0 aliphatic rings. The Morgan fingerprint density at radius 2 is 2.04 bits per heavy atom. The first kappa shape index (κ1) is 19.9. The number of hydrogen-bond donors (Lipinski definition) is 3. The number of nitrogens with zero attached hydrogens (tertiary/aromatic N) is 6. The van der Waals surface area contributed by atoms with Gasteiger partial charge < -0.3 is 10.8 Å². The number of nitrogens with two attached hydrogens (primary N) is 1. The lowest BCUT2D eigenvalue weighted by atomic mass is 10.1. The number of phenols is 1. The summed E-state index contributed by atoms with van der Waals surface area (Å²) in [6.07, 6.45) is 1.42. The summed E-state index contributed by atoms with van der Waals surface area (Å²) in [5.41, 5.74) is 9.29. The largest absolute Gasteiger partial charge is 0.506 e. The lowest BCUT2D eigenvalue weighted by Gasteiger charge is -2.08. The number of rotatable bonds is 5. The minimum absolute atomic E-state index is 0.0280. The number of phenolic OH excluding ortho intramolecular Hbond substituents is 1. The highest BCUT2D eigenvalue weighted by Gasteiger charge is 2.25. The Morgan fingerprint density at radius 3 is 2.61 bits per heavy atom. The van der Waals surface area contributed by atoms with E-state index in [1.807, 2.05) is 13.8 Å². The molecule has 1 aromatic carbocycles. The maximum Gasteiger partial charge on any atom is 0.293 e. The minimum atomic E-state index is -0.557.